The molecule has 1 aromatic carbocycles. The summed E-state index contributed by atoms with van der Waals surface area (Å²) >= 11 is 1.67. The topological polar surface area (TPSA) is 78.5 Å². The molecular weight excluding hydrogens is 244 g/mol. The van der Waals surface area contributed by atoms with Crippen LogP contribution in [0.25, 0.3) is 11.0 Å². The molecule has 0 amide bonds. The Bertz CT molecular complexity index is 526. The lowest BCUT2D eigenvalue weighted by Crippen LogP contribution is -2.31. The number of para-hydroxylation sites is 2. The quantitative estimate of drug-likeness (QED) is 0.440. The van der Waals surface area contributed by atoms with Crippen molar-refractivity contribution in [3.8, 4) is 0 Å². The molecule has 96 valence electrons. The van der Waals surface area contributed by atoms with Crippen LogP contribution in [0.4, 0.5) is 0 Å². The van der Waals surface area contributed by atoms with Gasteiger partial charge in [0.05, 0.1) is 16.9 Å². The van der Waals surface area contributed by atoms with Crippen molar-refractivity contribution in [3.63, 3.8) is 0 Å². The molecule has 5 heteroatoms. The number of nitrogens with one attached hydrogen (secondary N) is 2. The lowest BCUT2D eigenvalue weighted by molar-refractivity contribution is 0.500. The number of aromatic amines is 1. The third kappa shape index (κ3) is 2.85. The average Bonchev–Trinajstić information content (AvgIpc) is 2.70. The number of fused-ring (bicyclic) bond motifs is 1. The van der Waals surface area contributed by atoms with Crippen molar-refractivity contribution in [1.29, 1.82) is 5.41 Å². The maximum Gasteiger partial charge on any atom is 0.166 e. The van der Waals surface area contributed by atoms with E-state index in [1.54, 1.807) is 11.8 Å². The molecule has 4 nitrogen and oxygen atoms in total. The van der Waals surface area contributed by atoms with Gasteiger partial charge < -0.3 is 10.7 Å². The van der Waals surface area contributed by atoms with Crippen LogP contribution < -0.4 is 5.73 Å². The smallest absolute Gasteiger partial charge is 0.166 e. The number of hydrogen-bond acceptors (Lipinski definition) is 3. The van der Waals surface area contributed by atoms with E-state index < -0.39 is 0 Å². The van der Waals surface area contributed by atoms with Crippen molar-refractivity contribution >= 4 is 28.6 Å². The molecule has 2 aromatic rings. The number of rotatable bonds is 5. The molecule has 0 atom stereocenters. The minimum Gasteiger partial charge on any atom is -0.387 e. The molecule has 18 heavy (non-hydrogen) atoms. The molecule has 0 fully saturated rings. The fraction of sp³-hybridized carbons (Fsp3) is 0.385. The van der Waals surface area contributed by atoms with E-state index >= 15 is 0 Å². The normalized spacial score (nSPS) is 11.9. The monoisotopic (exact) mass is 262 g/mol. The zero-order valence-electron chi connectivity index (χ0n) is 10.7. The molecule has 0 unspecified atom stereocenters. The van der Waals surface area contributed by atoms with Crippen LogP contribution in [0.3, 0.4) is 0 Å². The van der Waals surface area contributed by atoms with E-state index in [1.165, 1.54) is 0 Å². The number of hydrogen-bond donors (Lipinski definition) is 3. The minimum absolute atomic E-state index is 0.237. The molecule has 1 heterocycles. The summed E-state index contributed by atoms with van der Waals surface area (Å²) < 4.78 is 0. The standard InChI is InChI=1S/C13H18N4S/c1-13(2,11(14)15)7-8-18-12-16-9-5-3-4-6-10(9)17-12/h3-6H,7-8H2,1-2H3,(H3,14,15)(H,16,17). The summed E-state index contributed by atoms with van der Waals surface area (Å²) in [5, 5.41) is 8.44. The summed E-state index contributed by atoms with van der Waals surface area (Å²) in [5.74, 6) is 1.14. The predicted molar refractivity (Wildman–Crippen MR) is 77.1 cm³/mol. The van der Waals surface area contributed by atoms with Crippen molar-refractivity contribution in [1.82, 2.24) is 9.97 Å². The SMILES string of the molecule is CC(C)(CCSc1nc2ccccc2[nH]1)C(=N)N. The molecule has 0 bridgehead atoms. The summed E-state index contributed by atoms with van der Waals surface area (Å²) in [6.45, 7) is 3.99. The maximum absolute atomic E-state index is 7.51. The number of thioether (sulfide) groups is 1. The Morgan fingerprint density at radius 1 is 1.44 bits per heavy atom. The van der Waals surface area contributed by atoms with Gasteiger partial charge in [-0.3, -0.25) is 5.41 Å². The van der Waals surface area contributed by atoms with Gasteiger partial charge in [0.15, 0.2) is 5.16 Å². The van der Waals surface area contributed by atoms with Crippen molar-refractivity contribution in [2.75, 3.05) is 5.75 Å². The average molecular weight is 262 g/mol. The summed E-state index contributed by atoms with van der Waals surface area (Å²) in [4.78, 5) is 7.78. The van der Waals surface area contributed by atoms with Crippen LogP contribution in [0, 0.1) is 10.8 Å². The van der Waals surface area contributed by atoms with E-state index in [-0.39, 0.29) is 11.3 Å². The molecule has 0 aliphatic heterocycles. The lowest BCUT2D eigenvalue weighted by Gasteiger charge is -2.21. The number of H-pyrrole nitrogens is 1. The number of amidine groups is 1. The van der Waals surface area contributed by atoms with Gasteiger partial charge in [0.2, 0.25) is 0 Å². The minimum atomic E-state index is -0.237. The van der Waals surface area contributed by atoms with E-state index in [0.29, 0.717) is 0 Å². The Labute approximate surface area is 111 Å². The first-order chi connectivity index (χ1) is 8.49. The van der Waals surface area contributed by atoms with Crippen LogP contribution in [0.5, 0.6) is 0 Å². The molecule has 0 radical (unpaired) electrons. The summed E-state index contributed by atoms with van der Waals surface area (Å²) in [7, 11) is 0. The summed E-state index contributed by atoms with van der Waals surface area (Å²) in [6.07, 6.45) is 0.865. The molecule has 1 aromatic heterocycles. The molecular formula is C13H18N4S. The zero-order valence-corrected chi connectivity index (χ0v) is 11.5. The van der Waals surface area contributed by atoms with Crippen molar-refractivity contribution < 1.29 is 0 Å². The Morgan fingerprint density at radius 2 is 2.17 bits per heavy atom. The Balaban J connectivity index is 1.96. The second-order valence-electron chi connectivity index (χ2n) is 4.96. The van der Waals surface area contributed by atoms with Gasteiger partial charge in [-0.2, -0.15) is 0 Å². The third-order valence-corrected chi connectivity index (χ3v) is 3.94. The van der Waals surface area contributed by atoms with Gasteiger partial charge in [0.25, 0.3) is 0 Å². The van der Waals surface area contributed by atoms with Crippen LogP contribution >= 0.6 is 11.8 Å². The van der Waals surface area contributed by atoms with Crippen LogP contribution in [0.15, 0.2) is 29.4 Å². The van der Waals surface area contributed by atoms with E-state index in [9.17, 15) is 0 Å². The van der Waals surface area contributed by atoms with Crippen LogP contribution in [0.2, 0.25) is 0 Å². The molecule has 0 saturated heterocycles. The number of aromatic nitrogens is 2. The fourth-order valence-corrected chi connectivity index (χ4v) is 2.69. The van der Waals surface area contributed by atoms with Crippen molar-refractivity contribution in [3.05, 3.63) is 24.3 Å². The highest BCUT2D eigenvalue weighted by Gasteiger charge is 2.21. The first-order valence-electron chi connectivity index (χ1n) is 5.91. The summed E-state index contributed by atoms with van der Waals surface area (Å²) in [6, 6.07) is 7.99. The molecule has 0 saturated carbocycles. The van der Waals surface area contributed by atoms with Crippen LogP contribution in [0.1, 0.15) is 20.3 Å². The fourth-order valence-electron chi connectivity index (χ4n) is 1.54. The van der Waals surface area contributed by atoms with Crippen LogP contribution in [-0.2, 0) is 0 Å². The van der Waals surface area contributed by atoms with Gasteiger partial charge in [-0.1, -0.05) is 37.7 Å². The molecule has 0 aliphatic rings. The first kappa shape index (κ1) is 13.0. The van der Waals surface area contributed by atoms with Gasteiger partial charge in [0, 0.05) is 11.2 Å². The zero-order chi connectivity index (χ0) is 13.2. The first-order valence-corrected chi connectivity index (χ1v) is 6.90. The molecule has 2 rings (SSSR count). The van der Waals surface area contributed by atoms with Crippen molar-refractivity contribution in [2.45, 2.75) is 25.4 Å². The van der Waals surface area contributed by atoms with Gasteiger partial charge in [0.1, 0.15) is 0 Å². The van der Waals surface area contributed by atoms with Gasteiger partial charge in [-0.25, -0.2) is 4.98 Å². The maximum atomic E-state index is 7.51. The van der Waals surface area contributed by atoms with Crippen LogP contribution in [-0.4, -0.2) is 21.6 Å². The van der Waals surface area contributed by atoms with Gasteiger partial charge >= 0.3 is 0 Å². The second kappa shape index (κ2) is 5.02. The van der Waals surface area contributed by atoms with E-state index in [1.807, 2.05) is 38.1 Å². The second-order valence-corrected chi connectivity index (χ2v) is 6.04. The van der Waals surface area contributed by atoms with E-state index in [4.69, 9.17) is 11.1 Å². The third-order valence-electron chi connectivity index (χ3n) is 3.06. The molecule has 0 aliphatic carbocycles. The Hall–Kier alpha value is -1.49. The Kier molecular flexibility index (Phi) is 3.61. The number of nitrogens with two attached hydrogens (primary N) is 1. The van der Waals surface area contributed by atoms with E-state index in [2.05, 4.69) is 9.97 Å². The number of benzene rings is 1. The van der Waals surface area contributed by atoms with Crippen molar-refractivity contribution in [2.24, 2.45) is 11.1 Å². The molecule has 0 spiro atoms. The van der Waals surface area contributed by atoms with E-state index in [0.717, 1.165) is 28.4 Å². The van der Waals surface area contributed by atoms with Gasteiger partial charge in [-0.15, -0.1) is 0 Å². The van der Waals surface area contributed by atoms with Gasteiger partial charge in [-0.05, 0) is 18.6 Å². The Morgan fingerprint density at radius 3 is 2.83 bits per heavy atom. The predicted octanol–water partition coefficient (Wildman–Crippen LogP) is 3.01. The largest absolute Gasteiger partial charge is 0.387 e. The highest BCUT2D eigenvalue weighted by atomic mass is 32.2. The summed E-state index contributed by atoms with van der Waals surface area (Å²) in [5.41, 5.74) is 7.38. The highest BCUT2D eigenvalue weighted by Crippen LogP contribution is 2.26. The number of nitrogens with zero attached hydrogens (tertiary/aromatic N) is 1. The lowest BCUT2D eigenvalue weighted by atomic mass is 9.89. The highest BCUT2D eigenvalue weighted by molar-refractivity contribution is 7.99. The number of imidazole rings is 1. The molecule has 4 N–H and O–H groups in total.